The van der Waals surface area contributed by atoms with Gasteiger partial charge in [-0.15, -0.1) is 0 Å². The zero-order chi connectivity index (χ0) is 12.8. The van der Waals surface area contributed by atoms with Crippen LogP contribution in [0, 0.1) is 11.8 Å². The van der Waals surface area contributed by atoms with Crippen LogP contribution >= 0.6 is 0 Å². The minimum absolute atomic E-state index is 0.734. The Bertz CT molecular complexity index is 201. The average molecular weight is 240 g/mol. The summed E-state index contributed by atoms with van der Waals surface area (Å²) in [7, 11) is 0. The van der Waals surface area contributed by atoms with Gasteiger partial charge in [-0.05, 0) is 25.2 Å². The van der Waals surface area contributed by atoms with Crippen LogP contribution in [0.4, 0.5) is 0 Å². The second-order valence-corrected chi connectivity index (χ2v) is 6.43. The number of nitrogens with one attached hydrogen (secondary N) is 1. The molecule has 17 heavy (non-hydrogen) atoms. The van der Waals surface area contributed by atoms with Gasteiger partial charge in [-0.3, -0.25) is 4.90 Å². The molecule has 0 aromatic heterocycles. The van der Waals surface area contributed by atoms with Crippen molar-refractivity contribution in [3.8, 4) is 0 Å². The van der Waals surface area contributed by atoms with Gasteiger partial charge in [0.25, 0.3) is 0 Å². The van der Waals surface area contributed by atoms with Gasteiger partial charge in [0.2, 0.25) is 0 Å². The van der Waals surface area contributed by atoms with Crippen LogP contribution in [0.3, 0.4) is 0 Å². The van der Waals surface area contributed by atoms with Crippen LogP contribution in [-0.2, 0) is 0 Å². The van der Waals surface area contributed by atoms with E-state index in [1.165, 1.54) is 32.4 Å². The predicted molar refractivity (Wildman–Crippen MR) is 76.4 cm³/mol. The molecule has 2 unspecified atom stereocenters. The van der Waals surface area contributed by atoms with Gasteiger partial charge < -0.3 is 5.32 Å². The summed E-state index contributed by atoms with van der Waals surface area (Å²) in [6, 6.07) is 1.49. The van der Waals surface area contributed by atoms with Crippen LogP contribution in [0.1, 0.15) is 53.9 Å². The van der Waals surface area contributed by atoms with E-state index in [2.05, 4.69) is 44.8 Å². The lowest BCUT2D eigenvalue weighted by molar-refractivity contribution is 0.0788. The molecule has 1 heterocycles. The maximum absolute atomic E-state index is 3.53. The molecule has 1 aliphatic rings. The molecule has 0 radical (unpaired) electrons. The van der Waals surface area contributed by atoms with Crippen molar-refractivity contribution in [3.63, 3.8) is 0 Å². The highest BCUT2D eigenvalue weighted by molar-refractivity contribution is 4.85. The van der Waals surface area contributed by atoms with Crippen LogP contribution < -0.4 is 5.32 Å². The Morgan fingerprint density at radius 3 is 2.41 bits per heavy atom. The molecule has 0 aromatic rings. The van der Waals surface area contributed by atoms with E-state index in [0.717, 1.165) is 30.5 Å². The Morgan fingerprint density at radius 2 is 1.82 bits per heavy atom. The van der Waals surface area contributed by atoms with Gasteiger partial charge in [0.1, 0.15) is 0 Å². The molecule has 0 bridgehead atoms. The minimum atomic E-state index is 0.734. The first-order valence-corrected chi connectivity index (χ1v) is 7.48. The summed E-state index contributed by atoms with van der Waals surface area (Å²) in [5, 5.41) is 3.53. The first kappa shape index (κ1) is 15.0. The van der Waals surface area contributed by atoms with Crippen LogP contribution in [0.2, 0.25) is 0 Å². The second kappa shape index (κ2) is 7.38. The van der Waals surface area contributed by atoms with Gasteiger partial charge in [0.05, 0.1) is 0 Å². The third-order valence-electron chi connectivity index (χ3n) is 4.07. The summed E-state index contributed by atoms with van der Waals surface area (Å²) in [5.74, 6) is 1.61. The zero-order valence-electron chi connectivity index (χ0n) is 12.5. The molecule has 2 nitrogen and oxygen atoms in total. The number of hydrogen-bond acceptors (Lipinski definition) is 2. The molecule has 0 amide bonds. The van der Waals surface area contributed by atoms with Gasteiger partial charge in [-0.1, -0.05) is 40.5 Å². The second-order valence-electron chi connectivity index (χ2n) is 6.43. The normalized spacial score (nSPS) is 24.5. The maximum Gasteiger partial charge on any atom is 0.0246 e. The lowest BCUT2D eigenvalue weighted by atomic mass is 9.96. The molecule has 0 aliphatic carbocycles. The smallest absolute Gasteiger partial charge is 0.0246 e. The summed E-state index contributed by atoms with van der Waals surface area (Å²) < 4.78 is 0. The van der Waals surface area contributed by atoms with Crippen molar-refractivity contribution in [2.24, 2.45) is 11.8 Å². The first-order valence-electron chi connectivity index (χ1n) is 7.48. The van der Waals surface area contributed by atoms with E-state index in [1.54, 1.807) is 0 Å². The SMILES string of the molecule is CC(C)CCCC(C)N1CCNCC1C(C)C. The van der Waals surface area contributed by atoms with Crippen LogP contribution in [0.5, 0.6) is 0 Å². The Hall–Kier alpha value is -0.0800. The molecule has 102 valence electrons. The standard InChI is InChI=1S/C15H32N2/c1-12(2)7-6-8-14(5)17-10-9-16-11-15(17)13(3)4/h12-16H,6-11H2,1-5H3. The zero-order valence-corrected chi connectivity index (χ0v) is 12.5. The van der Waals surface area contributed by atoms with Gasteiger partial charge in [0, 0.05) is 31.7 Å². The minimum Gasteiger partial charge on any atom is -0.314 e. The van der Waals surface area contributed by atoms with Gasteiger partial charge in [-0.25, -0.2) is 0 Å². The molecule has 0 spiro atoms. The van der Waals surface area contributed by atoms with E-state index >= 15 is 0 Å². The molecular weight excluding hydrogens is 208 g/mol. The predicted octanol–water partition coefficient (Wildman–Crippen LogP) is 3.13. The largest absolute Gasteiger partial charge is 0.314 e. The quantitative estimate of drug-likeness (QED) is 0.767. The van der Waals surface area contributed by atoms with Crippen molar-refractivity contribution < 1.29 is 0 Å². The van der Waals surface area contributed by atoms with Crippen LogP contribution in [-0.4, -0.2) is 36.6 Å². The monoisotopic (exact) mass is 240 g/mol. The molecule has 1 aliphatic heterocycles. The van der Waals surface area contributed by atoms with E-state index in [0.29, 0.717) is 0 Å². The fraction of sp³-hybridized carbons (Fsp3) is 1.00. The van der Waals surface area contributed by atoms with Gasteiger partial charge >= 0.3 is 0 Å². The topological polar surface area (TPSA) is 15.3 Å². The summed E-state index contributed by atoms with van der Waals surface area (Å²) >= 11 is 0. The molecule has 2 atom stereocenters. The van der Waals surface area contributed by atoms with E-state index in [9.17, 15) is 0 Å². The molecule has 1 rings (SSSR count). The van der Waals surface area contributed by atoms with E-state index < -0.39 is 0 Å². The van der Waals surface area contributed by atoms with Crippen molar-refractivity contribution in [2.75, 3.05) is 19.6 Å². The highest BCUT2D eigenvalue weighted by Gasteiger charge is 2.27. The fourth-order valence-electron chi connectivity index (χ4n) is 2.89. The Morgan fingerprint density at radius 1 is 1.12 bits per heavy atom. The number of rotatable bonds is 6. The van der Waals surface area contributed by atoms with Crippen molar-refractivity contribution in [1.82, 2.24) is 10.2 Å². The van der Waals surface area contributed by atoms with Crippen molar-refractivity contribution in [3.05, 3.63) is 0 Å². The lowest BCUT2D eigenvalue weighted by Crippen LogP contribution is -2.56. The Kier molecular flexibility index (Phi) is 6.50. The maximum atomic E-state index is 3.53. The van der Waals surface area contributed by atoms with Crippen molar-refractivity contribution >= 4 is 0 Å². The van der Waals surface area contributed by atoms with Crippen LogP contribution in [0.25, 0.3) is 0 Å². The van der Waals surface area contributed by atoms with Crippen LogP contribution in [0.15, 0.2) is 0 Å². The molecule has 0 saturated carbocycles. The molecule has 1 N–H and O–H groups in total. The summed E-state index contributed by atoms with van der Waals surface area (Å²) in [4.78, 5) is 2.74. The molecule has 1 saturated heterocycles. The number of piperazine rings is 1. The average Bonchev–Trinajstić information content (AvgIpc) is 2.28. The summed E-state index contributed by atoms with van der Waals surface area (Å²) in [5.41, 5.74) is 0. The third kappa shape index (κ3) is 4.97. The van der Waals surface area contributed by atoms with Gasteiger partial charge in [0.15, 0.2) is 0 Å². The van der Waals surface area contributed by atoms with Gasteiger partial charge in [-0.2, -0.15) is 0 Å². The third-order valence-corrected chi connectivity index (χ3v) is 4.07. The number of hydrogen-bond donors (Lipinski definition) is 1. The highest BCUT2D eigenvalue weighted by atomic mass is 15.2. The molecule has 2 heteroatoms. The van der Waals surface area contributed by atoms with E-state index in [1.807, 2.05) is 0 Å². The van der Waals surface area contributed by atoms with E-state index in [4.69, 9.17) is 0 Å². The first-order chi connectivity index (χ1) is 8.02. The molecule has 0 aromatic carbocycles. The fourth-order valence-corrected chi connectivity index (χ4v) is 2.89. The summed E-state index contributed by atoms with van der Waals surface area (Å²) in [6.45, 7) is 15.3. The van der Waals surface area contributed by atoms with Crippen molar-refractivity contribution in [1.29, 1.82) is 0 Å². The molecule has 1 fully saturated rings. The molecular formula is C15H32N2. The highest BCUT2D eigenvalue weighted by Crippen LogP contribution is 2.19. The van der Waals surface area contributed by atoms with Crippen molar-refractivity contribution in [2.45, 2.75) is 66.0 Å². The van der Waals surface area contributed by atoms with E-state index in [-0.39, 0.29) is 0 Å². The lowest BCUT2D eigenvalue weighted by Gasteiger charge is -2.42. The summed E-state index contributed by atoms with van der Waals surface area (Å²) in [6.07, 6.45) is 4.12. The Balaban J connectivity index is 2.39. The Labute approximate surface area is 108 Å². The number of nitrogens with zero attached hydrogens (tertiary/aromatic N) is 1.